The highest BCUT2D eigenvalue weighted by molar-refractivity contribution is 9.09. The molecule has 0 aliphatic heterocycles. The Balaban J connectivity index is 3.07. The summed E-state index contributed by atoms with van der Waals surface area (Å²) in [6.07, 6.45) is 0. The molecule has 0 aromatic carbocycles. The third kappa shape index (κ3) is 8.66. The van der Waals surface area contributed by atoms with Crippen LogP contribution in [0.4, 0.5) is 0 Å². The predicted octanol–water partition coefficient (Wildman–Crippen LogP) is 2.24. The summed E-state index contributed by atoms with van der Waals surface area (Å²) in [4.78, 5) is 0. The van der Waals surface area contributed by atoms with Gasteiger partial charge in [-0.05, 0) is 5.04 Å². The summed E-state index contributed by atoms with van der Waals surface area (Å²) in [7, 11) is 0.618. The number of halogens is 1. The van der Waals surface area contributed by atoms with Crippen LogP contribution in [0.3, 0.4) is 0 Å². The molecule has 0 aliphatic rings. The maximum absolute atomic E-state index is 5.33. The van der Waals surface area contributed by atoms with Crippen molar-refractivity contribution < 1.29 is 4.43 Å². The summed E-state index contributed by atoms with van der Waals surface area (Å²) < 4.78 is 5.33. The molecule has 0 spiro atoms. The molecule has 3 heteroatoms. The molecule has 2 radical (unpaired) electrons. The lowest BCUT2D eigenvalue weighted by molar-refractivity contribution is 0.348. The van der Waals surface area contributed by atoms with E-state index in [0.717, 1.165) is 11.9 Å². The molecule has 9 heavy (non-hydrogen) atoms. The first-order valence-corrected chi connectivity index (χ1v) is 5.04. The molecule has 0 bridgehead atoms. The number of hydrogen-bond acceptors (Lipinski definition) is 1. The maximum Gasteiger partial charge on any atom is 0.235 e. The Morgan fingerprint density at radius 1 is 1.44 bits per heavy atom. The monoisotopic (exact) mass is 208 g/mol. The van der Waals surface area contributed by atoms with Crippen LogP contribution in [0.1, 0.15) is 20.8 Å². The van der Waals surface area contributed by atoms with E-state index >= 15 is 0 Å². The lowest BCUT2D eigenvalue weighted by atomic mass is 10.3. The molecular weight excluding hydrogens is 196 g/mol. The molecule has 0 aliphatic carbocycles. The molecule has 54 valence electrons. The zero-order valence-electron chi connectivity index (χ0n) is 6.20. The van der Waals surface area contributed by atoms with Crippen LogP contribution in [-0.4, -0.2) is 21.7 Å². The van der Waals surface area contributed by atoms with Gasteiger partial charge in [0.25, 0.3) is 0 Å². The molecule has 0 saturated carbocycles. The lowest BCUT2D eigenvalue weighted by Gasteiger charge is -2.14. The van der Waals surface area contributed by atoms with E-state index in [-0.39, 0.29) is 0 Å². The van der Waals surface area contributed by atoms with Gasteiger partial charge in [-0.25, -0.2) is 0 Å². The molecule has 0 amide bonds. The Morgan fingerprint density at radius 3 is 2.33 bits per heavy atom. The largest absolute Gasteiger partial charge is 0.416 e. The standard InChI is InChI=1S/C6H13BrOSi/c1-6(2,3)9-8-5-4-7/h4-5H2,1-3H3. The van der Waals surface area contributed by atoms with E-state index in [1.165, 1.54) is 0 Å². The minimum atomic E-state index is 0.335. The highest BCUT2D eigenvalue weighted by Gasteiger charge is 2.12. The Bertz CT molecular complexity index is 69.9. The van der Waals surface area contributed by atoms with Crippen LogP contribution in [-0.2, 0) is 4.43 Å². The first-order valence-electron chi connectivity index (χ1n) is 3.01. The van der Waals surface area contributed by atoms with Crippen molar-refractivity contribution in [3.8, 4) is 0 Å². The molecule has 0 aromatic rings. The van der Waals surface area contributed by atoms with Crippen LogP contribution >= 0.6 is 15.9 Å². The van der Waals surface area contributed by atoms with Crippen LogP contribution in [0.25, 0.3) is 0 Å². The van der Waals surface area contributed by atoms with Gasteiger partial charge in [0.05, 0.1) is 0 Å². The van der Waals surface area contributed by atoms with Gasteiger partial charge in [0.15, 0.2) is 0 Å². The van der Waals surface area contributed by atoms with Crippen molar-refractivity contribution in [3.63, 3.8) is 0 Å². The minimum Gasteiger partial charge on any atom is -0.416 e. The van der Waals surface area contributed by atoms with Crippen LogP contribution in [0, 0.1) is 0 Å². The van der Waals surface area contributed by atoms with Gasteiger partial charge in [0.1, 0.15) is 0 Å². The van der Waals surface area contributed by atoms with E-state index < -0.39 is 0 Å². The van der Waals surface area contributed by atoms with E-state index in [4.69, 9.17) is 4.43 Å². The zero-order chi connectivity index (χ0) is 7.33. The van der Waals surface area contributed by atoms with Gasteiger partial charge in [-0.2, -0.15) is 0 Å². The van der Waals surface area contributed by atoms with Crippen LogP contribution < -0.4 is 0 Å². The van der Waals surface area contributed by atoms with Gasteiger partial charge in [-0.3, -0.25) is 0 Å². The molecule has 0 rings (SSSR count). The van der Waals surface area contributed by atoms with Crippen molar-refractivity contribution in [1.29, 1.82) is 0 Å². The topological polar surface area (TPSA) is 9.23 Å². The number of alkyl halides is 1. The first-order chi connectivity index (χ1) is 4.06. The minimum absolute atomic E-state index is 0.335. The Hall–Kier alpha value is 0.657. The van der Waals surface area contributed by atoms with E-state index in [2.05, 4.69) is 36.7 Å². The summed E-state index contributed by atoms with van der Waals surface area (Å²) in [5, 5.41) is 1.28. The zero-order valence-corrected chi connectivity index (χ0v) is 8.79. The molecular formula is C6H13BrOSi. The normalized spacial score (nSPS) is 12.0. The predicted molar refractivity (Wildman–Crippen MR) is 45.2 cm³/mol. The molecule has 0 unspecified atom stereocenters. The Kier molecular flexibility index (Phi) is 4.80. The average Bonchev–Trinajstić information content (AvgIpc) is 1.63. The highest BCUT2D eigenvalue weighted by Crippen LogP contribution is 2.19. The van der Waals surface area contributed by atoms with Gasteiger partial charge >= 0.3 is 0 Å². The van der Waals surface area contributed by atoms with Gasteiger partial charge in [-0.15, -0.1) is 0 Å². The third-order valence-corrected chi connectivity index (χ3v) is 1.84. The van der Waals surface area contributed by atoms with Crippen molar-refractivity contribution in [2.24, 2.45) is 0 Å². The Labute approximate surface area is 68.2 Å². The van der Waals surface area contributed by atoms with Crippen molar-refractivity contribution in [2.75, 3.05) is 11.9 Å². The fraction of sp³-hybridized carbons (Fsp3) is 1.00. The average molecular weight is 209 g/mol. The van der Waals surface area contributed by atoms with E-state index in [0.29, 0.717) is 14.8 Å². The fourth-order valence-electron chi connectivity index (χ4n) is 0.306. The highest BCUT2D eigenvalue weighted by atomic mass is 79.9. The number of rotatable bonds is 3. The molecule has 0 atom stereocenters. The molecule has 0 heterocycles. The van der Waals surface area contributed by atoms with Crippen LogP contribution in [0.5, 0.6) is 0 Å². The second-order valence-corrected chi connectivity index (χ2v) is 5.68. The molecule has 1 nitrogen and oxygen atoms in total. The molecule has 0 fully saturated rings. The van der Waals surface area contributed by atoms with E-state index in [1.807, 2.05) is 0 Å². The lowest BCUT2D eigenvalue weighted by Crippen LogP contribution is -2.13. The summed E-state index contributed by atoms with van der Waals surface area (Å²) in [5.74, 6) is 0. The smallest absolute Gasteiger partial charge is 0.235 e. The van der Waals surface area contributed by atoms with Crippen LogP contribution in [0.15, 0.2) is 0 Å². The second kappa shape index (κ2) is 4.47. The van der Waals surface area contributed by atoms with Crippen molar-refractivity contribution >= 4 is 25.7 Å². The van der Waals surface area contributed by atoms with Crippen LogP contribution in [0.2, 0.25) is 5.04 Å². The van der Waals surface area contributed by atoms with Gasteiger partial charge in [0.2, 0.25) is 9.76 Å². The summed E-state index contributed by atoms with van der Waals surface area (Å²) in [6.45, 7) is 7.37. The van der Waals surface area contributed by atoms with E-state index in [1.54, 1.807) is 0 Å². The van der Waals surface area contributed by atoms with Gasteiger partial charge < -0.3 is 4.43 Å². The first kappa shape index (κ1) is 9.66. The quantitative estimate of drug-likeness (QED) is 0.393. The molecule has 0 N–H and O–H groups in total. The Morgan fingerprint density at radius 2 is 2.00 bits per heavy atom. The van der Waals surface area contributed by atoms with E-state index in [9.17, 15) is 0 Å². The van der Waals surface area contributed by atoms with Crippen molar-refractivity contribution in [3.05, 3.63) is 0 Å². The third-order valence-electron chi connectivity index (χ3n) is 0.558. The van der Waals surface area contributed by atoms with Gasteiger partial charge in [-0.1, -0.05) is 36.7 Å². The van der Waals surface area contributed by atoms with Crippen molar-refractivity contribution in [2.45, 2.75) is 25.8 Å². The summed E-state index contributed by atoms with van der Waals surface area (Å²) in [5.41, 5.74) is 0. The maximum atomic E-state index is 5.33. The second-order valence-electron chi connectivity index (χ2n) is 2.89. The fourth-order valence-corrected chi connectivity index (χ4v) is 1.40. The van der Waals surface area contributed by atoms with Gasteiger partial charge in [0, 0.05) is 11.9 Å². The summed E-state index contributed by atoms with van der Waals surface area (Å²) >= 11 is 3.30. The SMILES string of the molecule is CC(C)(C)[Si]OCCBr. The summed E-state index contributed by atoms with van der Waals surface area (Å²) in [6, 6.07) is 0. The van der Waals surface area contributed by atoms with Crippen molar-refractivity contribution in [1.82, 2.24) is 0 Å². The number of hydrogen-bond donors (Lipinski definition) is 0. The molecule has 0 saturated heterocycles. The molecule has 0 aromatic heterocycles.